The number of carbonyl (C=O) groups is 1. The molecule has 0 radical (unpaired) electrons. The summed E-state index contributed by atoms with van der Waals surface area (Å²) in [7, 11) is 1.64. The Balaban J connectivity index is 2.21. The van der Waals surface area contributed by atoms with Gasteiger partial charge in [0.25, 0.3) is 5.91 Å². The van der Waals surface area contributed by atoms with Gasteiger partial charge in [0.1, 0.15) is 11.3 Å². The van der Waals surface area contributed by atoms with Crippen LogP contribution in [0.2, 0.25) is 0 Å². The molecule has 1 aromatic heterocycles. The van der Waals surface area contributed by atoms with Crippen molar-refractivity contribution in [3.05, 3.63) is 52.3 Å². The minimum Gasteiger partial charge on any atom is -0.350 e. The fourth-order valence-corrected chi connectivity index (χ4v) is 2.64. The molecule has 1 amide bonds. The lowest BCUT2D eigenvalue weighted by atomic mass is 10.1. The molecule has 9 heteroatoms. The number of nitrogens with one attached hydrogen (secondary N) is 2. The summed E-state index contributed by atoms with van der Waals surface area (Å²) in [6.07, 6.45) is 1.39. The topological polar surface area (TPSA) is 79.2 Å². The molecule has 0 saturated heterocycles. The van der Waals surface area contributed by atoms with E-state index < -0.39 is 17.5 Å². The molecule has 3 rings (SSSR count). The van der Waals surface area contributed by atoms with Crippen molar-refractivity contribution in [1.82, 2.24) is 15.0 Å². The van der Waals surface area contributed by atoms with Crippen LogP contribution in [0, 0.1) is 11.6 Å². The highest BCUT2D eigenvalue weighted by Crippen LogP contribution is 2.32. The van der Waals surface area contributed by atoms with Gasteiger partial charge in [-0.15, -0.1) is 0 Å². The van der Waals surface area contributed by atoms with Crippen LogP contribution in [-0.4, -0.2) is 20.7 Å². The van der Waals surface area contributed by atoms with Gasteiger partial charge in [-0.2, -0.15) is 0 Å². The minimum atomic E-state index is -0.933. The molecule has 1 heterocycles. The third-order valence-corrected chi connectivity index (χ3v) is 3.99. The molecular formula is C15H11BrF2N4O2. The monoisotopic (exact) mass is 396 g/mol. The SMILES string of the molecule is Cn1cnc2c(F)c(Nc3ccc(Br)cc3F)c(C(=O)NO)cc21. The average molecular weight is 397 g/mol. The summed E-state index contributed by atoms with van der Waals surface area (Å²) >= 11 is 3.13. The van der Waals surface area contributed by atoms with Crippen molar-refractivity contribution >= 4 is 44.2 Å². The van der Waals surface area contributed by atoms with Crippen molar-refractivity contribution in [3.8, 4) is 0 Å². The molecule has 0 saturated carbocycles. The van der Waals surface area contributed by atoms with Gasteiger partial charge in [-0.05, 0) is 24.3 Å². The molecule has 3 aromatic rings. The first-order chi connectivity index (χ1) is 11.4. The number of aromatic nitrogens is 2. The number of hydrogen-bond acceptors (Lipinski definition) is 4. The number of amides is 1. The van der Waals surface area contributed by atoms with Crippen LogP contribution >= 0.6 is 15.9 Å². The highest BCUT2D eigenvalue weighted by molar-refractivity contribution is 9.10. The van der Waals surface area contributed by atoms with Gasteiger partial charge in [0.15, 0.2) is 5.82 Å². The summed E-state index contributed by atoms with van der Waals surface area (Å²) in [6.45, 7) is 0. The second kappa shape index (κ2) is 6.17. The zero-order chi connectivity index (χ0) is 17.4. The summed E-state index contributed by atoms with van der Waals surface area (Å²) in [5.74, 6) is -2.40. The van der Waals surface area contributed by atoms with E-state index >= 15 is 0 Å². The van der Waals surface area contributed by atoms with Crippen LogP contribution in [0.4, 0.5) is 20.2 Å². The van der Waals surface area contributed by atoms with Gasteiger partial charge in [0, 0.05) is 11.5 Å². The number of hydroxylamine groups is 1. The number of aryl methyl sites for hydroxylation is 1. The second-order valence-electron chi connectivity index (χ2n) is 5.03. The molecule has 0 fully saturated rings. The number of hydrogen-bond donors (Lipinski definition) is 3. The van der Waals surface area contributed by atoms with E-state index in [9.17, 15) is 13.6 Å². The first-order valence-corrected chi connectivity index (χ1v) is 7.51. The molecule has 0 aliphatic carbocycles. The van der Waals surface area contributed by atoms with Gasteiger partial charge in [0.2, 0.25) is 0 Å². The largest absolute Gasteiger partial charge is 0.350 e. The molecule has 3 N–H and O–H groups in total. The highest BCUT2D eigenvalue weighted by atomic mass is 79.9. The van der Waals surface area contributed by atoms with E-state index in [4.69, 9.17) is 5.21 Å². The molecule has 24 heavy (non-hydrogen) atoms. The number of nitrogens with zero attached hydrogens (tertiary/aromatic N) is 2. The first-order valence-electron chi connectivity index (χ1n) is 6.72. The first kappa shape index (κ1) is 16.3. The predicted molar refractivity (Wildman–Crippen MR) is 87.3 cm³/mol. The van der Waals surface area contributed by atoms with Crippen molar-refractivity contribution in [2.24, 2.45) is 7.05 Å². The molecule has 0 aliphatic rings. The molecule has 2 aromatic carbocycles. The highest BCUT2D eigenvalue weighted by Gasteiger charge is 2.22. The Bertz CT molecular complexity index is 958. The van der Waals surface area contributed by atoms with E-state index in [0.717, 1.165) is 0 Å². The van der Waals surface area contributed by atoms with Crippen LogP contribution < -0.4 is 10.8 Å². The van der Waals surface area contributed by atoms with E-state index in [1.807, 2.05) is 0 Å². The van der Waals surface area contributed by atoms with Gasteiger partial charge in [-0.3, -0.25) is 10.0 Å². The number of carbonyl (C=O) groups excluding carboxylic acids is 1. The Kier molecular flexibility index (Phi) is 4.20. The van der Waals surface area contributed by atoms with Crippen molar-refractivity contribution in [2.75, 3.05) is 5.32 Å². The lowest BCUT2D eigenvalue weighted by Crippen LogP contribution is -2.20. The van der Waals surface area contributed by atoms with E-state index in [0.29, 0.717) is 9.99 Å². The van der Waals surface area contributed by atoms with Crippen LogP contribution in [-0.2, 0) is 7.05 Å². The maximum Gasteiger partial charge on any atom is 0.276 e. The summed E-state index contributed by atoms with van der Waals surface area (Å²) in [6, 6.07) is 5.51. The molecular weight excluding hydrogens is 386 g/mol. The molecule has 0 spiro atoms. The quantitative estimate of drug-likeness (QED) is 0.467. The molecule has 0 atom stereocenters. The van der Waals surface area contributed by atoms with Crippen LogP contribution in [0.1, 0.15) is 10.4 Å². The van der Waals surface area contributed by atoms with Crippen LogP contribution in [0.25, 0.3) is 11.0 Å². The average Bonchev–Trinajstić information content (AvgIpc) is 2.92. The molecule has 0 unspecified atom stereocenters. The van der Waals surface area contributed by atoms with Gasteiger partial charge in [0.05, 0.1) is 28.8 Å². The van der Waals surface area contributed by atoms with Crippen molar-refractivity contribution < 1.29 is 18.8 Å². The lowest BCUT2D eigenvalue weighted by Gasteiger charge is -2.14. The summed E-state index contributed by atoms with van der Waals surface area (Å²) in [4.78, 5) is 15.8. The Morgan fingerprint density at radius 1 is 1.33 bits per heavy atom. The van der Waals surface area contributed by atoms with Crippen molar-refractivity contribution in [1.29, 1.82) is 0 Å². The predicted octanol–water partition coefficient (Wildman–Crippen LogP) is 3.48. The minimum absolute atomic E-state index is 0.0204. The van der Waals surface area contributed by atoms with Crippen molar-refractivity contribution in [2.45, 2.75) is 0 Å². The van der Waals surface area contributed by atoms with Crippen molar-refractivity contribution in [3.63, 3.8) is 0 Å². The number of halogens is 3. The van der Waals surface area contributed by atoms with Gasteiger partial charge >= 0.3 is 0 Å². The number of rotatable bonds is 3. The molecule has 0 bridgehead atoms. The summed E-state index contributed by atoms with van der Waals surface area (Å²) in [5, 5.41) is 11.5. The molecule has 6 nitrogen and oxygen atoms in total. The van der Waals surface area contributed by atoms with E-state index in [-0.39, 0.29) is 22.5 Å². The standard InChI is InChI=1S/C15H11BrF2N4O2/c1-22-6-19-14-11(22)5-8(15(23)21-24)13(12(14)18)20-10-3-2-7(16)4-9(10)17/h2-6,20,24H,1H3,(H,21,23). The zero-order valence-electron chi connectivity index (χ0n) is 12.3. The summed E-state index contributed by atoms with van der Waals surface area (Å²) < 4.78 is 30.9. The smallest absolute Gasteiger partial charge is 0.276 e. The number of imidazole rings is 1. The third-order valence-electron chi connectivity index (χ3n) is 3.50. The van der Waals surface area contributed by atoms with Gasteiger partial charge < -0.3 is 9.88 Å². The number of benzene rings is 2. The third kappa shape index (κ3) is 2.72. The zero-order valence-corrected chi connectivity index (χ0v) is 13.9. The van der Waals surface area contributed by atoms with Crippen LogP contribution in [0.5, 0.6) is 0 Å². The van der Waals surface area contributed by atoms with E-state index in [1.165, 1.54) is 34.6 Å². The fourth-order valence-electron chi connectivity index (χ4n) is 2.31. The van der Waals surface area contributed by atoms with Crippen LogP contribution in [0.3, 0.4) is 0 Å². The maximum atomic E-state index is 14.8. The fraction of sp³-hybridized carbons (Fsp3) is 0.0667. The summed E-state index contributed by atoms with van der Waals surface area (Å²) in [5.41, 5.74) is 1.33. The Morgan fingerprint density at radius 3 is 2.75 bits per heavy atom. The van der Waals surface area contributed by atoms with Gasteiger partial charge in [-0.1, -0.05) is 15.9 Å². The van der Waals surface area contributed by atoms with E-state index in [1.54, 1.807) is 13.1 Å². The Hall–Kier alpha value is -2.52. The normalized spacial score (nSPS) is 10.9. The van der Waals surface area contributed by atoms with Crippen LogP contribution in [0.15, 0.2) is 35.1 Å². The second-order valence-corrected chi connectivity index (χ2v) is 5.94. The number of anilines is 2. The molecule has 124 valence electrons. The Labute approximate surface area is 143 Å². The lowest BCUT2D eigenvalue weighted by molar-refractivity contribution is 0.0707. The molecule has 0 aliphatic heterocycles. The number of fused-ring (bicyclic) bond motifs is 1. The van der Waals surface area contributed by atoms with E-state index in [2.05, 4.69) is 26.2 Å². The Morgan fingerprint density at radius 2 is 2.08 bits per heavy atom. The maximum absolute atomic E-state index is 14.8. The van der Waals surface area contributed by atoms with Gasteiger partial charge in [-0.25, -0.2) is 19.2 Å².